The number of hydrogen-bond donors (Lipinski definition) is 2. The zero-order valence-electron chi connectivity index (χ0n) is 13.8. The van der Waals surface area contributed by atoms with Crippen LogP contribution < -0.4 is 4.90 Å². The van der Waals surface area contributed by atoms with Crippen LogP contribution in [0.1, 0.15) is 37.4 Å². The summed E-state index contributed by atoms with van der Waals surface area (Å²) in [6, 6.07) is 0. The minimum Gasteiger partial charge on any atom is -0.385 e. The van der Waals surface area contributed by atoms with Crippen molar-refractivity contribution in [3.05, 3.63) is 34.0 Å². The van der Waals surface area contributed by atoms with Crippen LogP contribution in [0.3, 0.4) is 0 Å². The maximum Gasteiger partial charge on any atom is 0.333 e. The molecular weight excluding hydrogens is 312 g/mol. The van der Waals surface area contributed by atoms with Crippen molar-refractivity contribution in [2.45, 2.75) is 39.3 Å². The van der Waals surface area contributed by atoms with Gasteiger partial charge in [-0.3, -0.25) is 10.1 Å². The van der Waals surface area contributed by atoms with E-state index >= 15 is 0 Å². The van der Waals surface area contributed by atoms with Gasteiger partial charge in [-0.05, 0) is 32.6 Å². The number of imidazole rings is 1. The first-order chi connectivity index (χ1) is 11.5. The van der Waals surface area contributed by atoms with Gasteiger partial charge in [-0.15, -0.1) is 0 Å². The maximum atomic E-state index is 11.4. The molecular formula is C15H22N6O3. The lowest BCUT2D eigenvalue weighted by Crippen LogP contribution is -2.37. The predicted octanol–water partition coefficient (Wildman–Crippen LogP) is 1.79. The Kier molecular flexibility index (Phi) is 4.52. The Balaban J connectivity index is 1.76. The first-order valence-electron chi connectivity index (χ1n) is 8.17. The van der Waals surface area contributed by atoms with E-state index in [1.165, 1.54) is 0 Å². The zero-order valence-corrected chi connectivity index (χ0v) is 13.8. The molecule has 0 unspecified atom stereocenters. The maximum absolute atomic E-state index is 11.4. The number of nitrogens with zero attached hydrogens (tertiary/aromatic N) is 5. The Bertz CT molecular complexity index is 703. The van der Waals surface area contributed by atoms with Crippen molar-refractivity contribution in [1.82, 2.24) is 19.7 Å². The normalized spacial score (nSPS) is 17.2. The molecule has 9 heteroatoms. The van der Waals surface area contributed by atoms with Gasteiger partial charge < -0.3 is 15.0 Å². The molecule has 9 nitrogen and oxygen atoms in total. The number of aromatic nitrogens is 4. The van der Waals surface area contributed by atoms with Crippen molar-refractivity contribution >= 4 is 11.5 Å². The second-order valence-electron chi connectivity index (χ2n) is 6.07. The molecule has 1 atom stereocenters. The summed E-state index contributed by atoms with van der Waals surface area (Å²) in [7, 11) is 0. The van der Waals surface area contributed by atoms with Crippen LogP contribution in [0.2, 0.25) is 0 Å². The van der Waals surface area contributed by atoms with Crippen LogP contribution in [0.15, 0.2) is 12.4 Å². The van der Waals surface area contributed by atoms with Gasteiger partial charge in [0, 0.05) is 32.0 Å². The van der Waals surface area contributed by atoms with E-state index < -0.39 is 6.10 Å². The molecule has 0 amide bonds. The molecule has 0 radical (unpaired) electrons. The monoisotopic (exact) mass is 334 g/mol. The molecule has 130 valence electrons. The van der Waals surface area contributed by atoms with Crippen LogP contribution in [-0.4, -0.2) is 42.9 Å². The molecule has 3 heterocycles. The molecule has 0 spiro atoms. The van der Waals surface area contributed by atoms with Crippen LogP contribution in [0.5, 0.6) is 0 Å². The number of aliphatic hydroxyl groups excluding tert-OH is 1. The standard InChI is InChI=1S/C15H22N6O3/c1-3-20-15(12(21(23)24)10(2)18-20)19-8-4-11(5-9-19)13(22)14-16-6-7-17-14/h6-7,11,13,22H,3-5,8-9H2,1-2H3,(H,16,17)/t13-/m1/s1. The van der Waals surface area contributed by atoms with Gasteiger partial charge in [0.2, 0.25) is 5.82 Å². The molecule has 0 saturated carbocycles. The van der Waals surface area contributed by atoms with Gasteiger partial charge in [0.1, 0.15) is 17.6 Å². The van der Waals surface area contributed by atoms with Crippen LogP contribution in [0.4, 0.5) is 11.5 Å². The average Bonchev–Trinajstić information content (AvgIpc) is 3.21. The molecule has 1 fully saturated rings. The van der Waals surface area contributed by atoms with Crippen molar-refractivity contribution in [2.24, 2.45) is 5.92 Å². The van der Waals surface area contributed by atoms with Crippen LogP contribution >= 0.6 is 0 Å². The minimum atomic E-state index is -0.630. The van der Waals surface area contributed by atoms with E-state index in [-0.39, 0.29) is 16.5 Å². The van der Waals surface area contributed by atoms with Gasteiger partial charge in [-0.25, -0.2) is 9.67 Å². The Morgan fingerprint density at radius 1 is 1.50 bits per heavy atom. The van der Waals surface area contributed by atoms with Gasteiger partial charge >= 0.3 is 5.69 Å². The number of aryl methyl sites for hydroxylation is 2. The highest BCUT2D eigenvalue weighted by Crippen LogP contribution is 2.36. The summed E-state index contributed by atoms with van der Waals surface area (Å²) in [5.74, 6) is 1.24. The molecule has 1 aliphatic heterocycles. The van der Waals surface area contributed by atoms with Crippen molar-refractivity contribution < 1.29 is 10.0 Å². The predicted molar refractivity (Wildman–Crippen MR) is 87.8 cm³/mol. The molecule has 3 rings (SSSR count). The quantitative estimate of drug-likeness (QED) is 0.636. The summed E-state index contributed by atoms with van der Waals surface area (Å²) < 4.78 is 1.69. The van der Waals surface area contributed by atoms with E-state index in [0.717, 1.165) is 12.8 Å². The van der Waals surface area contributed by atoms with E-state index in [2.05, 4.69) is 15.1 Å². The lowest BCUT2D eigenvalue weighted by atomic mass is 9.91. The zero-order chi connectivity index (χ0) is 17.3. The summed E-state index contributed by atoms with van der Waals surface area (Å²) >= 11 is 0. The van der Waals surface area contributed by atoms with Crippen LogP contribution in [0.25, 0.3) is 0 Å². The Labute approximate surface area is 139 Å². The molecule has 0 bridgehead atoms. The molecule has 1 saturated heterocycles. The van der Waals surface area contributed by atoms with Gasteiger partial charge in [-0.2, -0.15) is 5.10 Å². The Morgan fingerprint density at radius 2 is 2.21 bits per heavy atom. The summed E-state index contributed by atoms with van der Waals surface area (Å²) in [5.41, 5.74) is 0.525. The number of piperidine rings is 1. The molecule has 2 aromatic heterocycles. The van der Waals surface area contributed by atoms with Gasteiger partial charge in [0.25, 0.3) is 0 Å². The SMILES string of the molecule is CCn1nc(C)c([N+](=O)[O-])c1N1CCC([C@@H](O)c2ncc[nH]2)CC1. The van der Waals surface area contributed by atoms with Crippen molar-refractivity contribution in [2.75, 3.05) is 18.0 Å². The van der Waals surface area contributed by atoms with Crippen LogP contribution in [0, 0.1) is 23.0 Å². The number of rotatable bonds is 5. The average molecular weight is 334 g/mol. The van der Waals surface area contributed by atoms with Crippen molar-refractivity contribution in [3.63, 3.8) is 0 Å². The van der Waals surface area contributed by atoms with Gasteiger partial charge in [0.05, 0.1) is 4.92 Å². The third kappa shape index (κ3) is 2.86. The fourth-order valence-electron chi connectivity index (χ4n) is 3.40. The van der Waals surface area contributed by atoms with Gasteiger partial charge in [-0.1, -0.05) is 0 Å². The number of anilines is 1. The molecule has 0 aliphatic carbocycles. The summed E-state index contributed by atoms with van der Waals surface area (Å²) in [4.78, 5) is 20.1. The minimum absolute atomic E-state index is 0.0851. The largest absolute Gasteiger partial charge is 0.385 e. The first-order valence-corrected chi connectivity index (χ1v) is 8.17. The summed E-state index contributed by atoms with van der Waals surface area (Å²) in [5, 5.41) is 26.1. The number of H-pyrrole nitrogens is 1. The fourth-order valence-corrected chi connectivity index (χ4v) is 3.40. The first kappa shape index (κ1) is 16.4. The highest BCUT2D eigenvalue weighted by Gasteiger charge is 2.33. The number of hydrogen-bond acceptors (Lipinski definition) is 6. The van der Waals surface area contributed by atoms with Gasteiger partial charge in [0.15, 0.2) is 0 Å². The third-order valence-electron chi connectivity index (χ3n) is 4.64. The number of aliphatic hydroxyl groups is 1. The van der Waals surface area contributed by atoms with E-state index in [0.29, 0.717) is 37.0 Å². The molecule has 2 N–H and O–H groups in total. The molecule has 1 aliphatic rings. The lowest BCUT2D eigenvalue weighted by Gasteiger charge is -2.34. The second-order valence-corrected chi connectivity index (χ2v) is 6.07. The van der Waals surface area contributed by atoms with Crippen molar-refractivity contribution in [3.8, 4) is 0 Å². The number of aromatic amines is 1. The van der Waals surface area contributed by atoms with E-state index in [1.54, 1.807) is 24.0 Å². The number of nitrogens with one attached hydrogen (secondary N) is 1. The summed E-state index contributed by atoms with van der Waals surface area (Å²) in [6.45, 7) is 5.47. The van der Waals surface area contributed by atoms with Crippen LogP contribution in [-0.2, 0) is 6.54 Å². The van der Waals surface area contributed by atoms with E-state index in [9.17, 15) is 15.2 Å². The highest BCUT2D eigenvalue weighted by molar-refractivity contribution is 5.61. The van der Waals surface area contributed by atoms with E-state index in [4.69, 9.17) is 0 Å². The lowest BCUT2D eigenvalue weighted by molar-refractivity contribution is -0.384. The number of nitro groups is 1. The highest BCUT2D eigenvalue weighted by atomic mass is 16.6. The molecule has 2 aromatic rings. The molecule has 24 heavy (non-hydrogen) atoms. The van der Waals surface area contributed by atoms with E-state index in [1.807, 2.05) is 11.8 Å². The Morgan fingerprint density at radius 3 is 2.75 bits per heavy atom. The third-order valence-corrected chi connectivity index (χ3v) is 4.64. The van der Waals surface area contributed by atoms with Crippen molar-refractivity contribution in [1.29, 1.82) is 0 Å². The Hall–Kier alpha value is -2.42. The molecule has 0 aromatic carbocycles. The summed E-state index contributed by atoms with van der Waals surface area (Å²) in [6.07, 6.45) is 4.18. The second kappa shape index (κ2) is 6.60. The smallest absolute Gasteiger partial charge is 0.333 e. The fraction of sp³-hybridized carbons (Fsp3) is 0.600. The topological polar surface area (TPSA) is 113 Å².